The maximum Gasteiger partial charge on any atom is 0.270 e. The zero-order valence-electron chi connectivity index (χ0n) is 19.7. The summed E-state index contributed by atoms with van der Waals surface area (Å²) in [7, 11) is 1.62. The Labute approximate surface area is 212 Å². The van der Waals surface area contributed by atoms with Gasteiger partial charge in [0.15, 0.2) is 0 Å². The normalized spacial score (nSPS) is 14.4. The molecule has 1 aliphatic rings. The third kappa shape index (κ3) is 5.22. The van der Waals surface area contributed by atoms with Gasteiger partial charge in [-0.15, -0.1) is 5.10 Å². The van der Waals surface area contributed by atoms with Gasteiger partial charge in [0.25, 0.3) is 17.5 Å². The maximum absolute atomic E-state index is 12.6. The molecule has 0 bridgehead atoms. The van der Waals surface area contributed by atoms with Crippen molar-refractivity contribution >= 4 is 35.3 Å². The quantitative estimate of drug-likeness (QED) is 0.213. The van der Waals surface area contributed by atoms with Crippen molar-refractivity contribution in [2.45, 2.75) is 6.04 Å². The molecule has 37 heavy (non-hydrogen) atoms. The summed E-state index contributed by atoms with van der Waals surface area (Å²) in [5.41, 5.74) is 3.29. The smallest absolute Gasteiger partial charge is 0.270 e. The summed E-state index contributed by atoms with van der Waals surface area (Å²) in [4.78, 5) is 27.5. The molecule has 0 spiro atoms. The largest absolute Gasteiger partial charge is 0.497 e. The van der Waals surface area contributed by atoms with Crippen molar-refractivity contribution in [2.75, 3.05) is 17.7 Å². The Morgan fingerprint density at radius 2 is 1.89 bits per heavy atom. The molecule has 10 nitrogen and oxygen atoms in total. The van der Waals surface area contributed by atoms with Crippen LogP contribution < -0.4 is 15.4 Å². The van der Waals surface area contributed by atoms with E-state index in [0.29, 0.717) is 11.5 Å². The Morgan fingerprint density at radius 1 is 1.11 bits per heavy atom. The fourth-order valence-electron chi connectivity index (χ4n) is 3.94. The summed E-state index contributed by atoms with van der Waals surface area (Å²) in [6.07, 6.45) is 4.82. The van der Waals surface area contributed by atoms with Crippen molar-refractivity contribution < 1.29 is 14.5 Å². The van der Waals surface area contributed by atoms with Crippen LogP contribution >= 0.6 is 0 Å². The van der Waals surface area contributed by atoms with Gasteiger partial charge >= 0.3 is 0 Å². The van der Waals surface area contributed by atoms with Crippen LogP contribution in [0.2, 0.25) is 0 Å². The van der Waals surface area contributed by atoms with Crippen LogP contribution in [-0.2, 0) is 4.79 Å². The van der Waals surface area contributed by atoms with Gasteiger partial charge in [0, 0.05) is 23.9 Å². The highest BCUT2D eigenvalue weighted by Crippen LogP contribution is 2.33. The molecule has 2 N–H and O–H groups in total. The topological polar surface area (TPSA) is 124 Å². The highest BCUT2D eigenvalue weighted by molar-refractivity contribution is 6.01. The van der Waals surface area contributed by atoms with E-state index >= 15 is 0 Å². The van der Waals surface area contributed by atoms with Crippen LogP contribution in [0.1, 0.15) is 22.7 Å². The Bertz CT molecular complexity index is 1510. The number of non-ortho nitro benzene ring substituents is 1. The number of carbonyl (C=O) groups excluding carboxylic acids is 1. The van der Waals surface area contributed by atoms with E-state index in [9.17, 15) is 14.9 Å². The number of nitro benzene ring substituents is 1. The molecule has 2 heterocycles. The van der Waals surface area contributed by atoms with Crippen LogP contribution in [0, 0.1) is 10.1 Å². The number of aromatic nitrogens is 3. The molecule has 1 aliphatic heterocycles. The van der Waals surface area contributed by atoms with Crippen molar-refractivity contribution in [1.29, 1.82) is 0 Å². The van der Waals surface area contributed by atoms with Crippen LogP contribution in [0.15, 0.2) is 91.0 Å². The molecule has 1 amide bonds. The van der Waals surface area contributed by atoms with Crippen molar-refractivity contribution in [1.82, 2.24) is 14.8 Å². The summed E-state index contributed by atoms with van der Waals surface area (Å²) in [5.74, 6) is 0.872. The molecular weight excluding hydrogens is 472 g/mol. The number of methoxy groups -OCH3 is 1. The molecule has 0 aliphatic carbocycles. The number of hydrogen-bond acceptors (Lipinski definition) is 7. The second-order valence-corrected chi connectivity index (χ2v) is 8.17. The molecular formula is C27H22N6O4. The van der Waals surface area contributed by atoms with E-state index in [0.717, 1.165) is 22.6 Å². The van der Waals surface area contributed by atoms with E-state index in [1.54, 1.807) is 23.9 Å². The molecule has 0 radical (unpaired) electrons. The lowest BCUT2D eigenvalue weighted by Crippen LogP contribution is -2.20. The number of anilines is 2. The number of nitro groups is 1. The summed E-state index contributed by atoms with van der Waals surface area (Å²) in [5, 5.41) is 21.5. The fraction of sp³-hybridized carbons (Fsp3) is 0.0741. The number of fused-ring (bicyclic) bond motifs is 1. The van der Waals surface area contributed by atoms with E-state index in [1.165, 1.54) is 24.3 Å². The highest BCUT2D eigenvalue weighted by atomic mass is 16.6. The fourth-order valence-corrected chi connectivity index (χ4v) is 3.94. The Morgan fingerprint density at radius 3 is 2.62 bits per heavy atom. The molecule has 0 unspecified atom stereocenters. The summed E-state index contributed by atoms with van der Waals surface area (Å²) in [6, 6.07) is 23.3. The first-order valence-electron chi connectivity index (χ1n) is 11.4. The van der Waals surface area contributed by atoms with Crippen molar-refractivity contribution in [2.24, 2.45) is 0 Å². The number of benzene rings is 3. The predicted molar refractivity (Wildman–Crippen MR) is 140 cm³/mol. The molecule has 5 rings (SSSR count). The number of carbonyl (C=O) groups is 1. The first-order chi connectivity index (χ1) is 18.0. The van der Waals surface area contributed by atoms with Gasteiger partial charge in [-0.1, -0.05) is 54.6 Å². The molecule has 10 heteroatoms. The molecule has 1 atom stereocenters. The summed E-state index contributed by atoms with van der Waals surface area (Å²) < 4.78 is 6.99. The molecule has 0 saturated carbocycles. The predicted octanol–water partition coefficient (Wildman–Crippen LogP) is 4.90. The molecule has 1 aromatic heterocycles. The zero-order chi connectivity index (χ0) is 25.8. The Balaban J connectivity index is 1.41. The van der Waals surface area contributed by atoms with Crippen molar-refractivity contribution in [3.8, 4) is 5.75 Å². The standard InChI is InChI=1S/C27H22N6O4/c1-37-22-13-11-20(12-14-22)24-17-23(19-7-3-2-4-8-19)28-27-30-26(31-32(24)27)29-25(34)15-10-18-6-5-9-21(16-18)33(35)36/h2-17,24H,1H3,(H2,28,29,30,31,34)/b15-10+/t24-/m1/s1. The average molecular weight is 495 g/mol. The monoisotopic (exact) mass is 494 g/mol. The SMILES string of the molecule is COc1ccc([C@H]2C=C(c3ccccc3)Nc3nc(NC(=O)/C=C/c4cccc([N+](=O)[O-])c4)nn32)cc1. The van der Waals surface area contributed by atoms with E-state index in [1.807, 2.05) is 60.7 Å². The van der Waals surface area contributed by atoms with Crippen LogP contribution in [-0.4, -0.2) is 32.7 Å². The van der Waals surface area contributed by atoms with Crippen LogP contribution in [0.3, 0.4) is 0 Å². The molecule has 3 aromatic carbocycles. The first kappa shape index (κ1) is 23.5. The Kier molecular flexibility index (Phi) is 6.45. The third-order valence-electron chi connectivity index (χ3n) is 5.75. The minimum Gasteiger partial charge on any atom is -0.497 e. The number of amides is 1. The van der Waals surface area contributed by atoms with Gasteiger partial charge in [-0.05, 0) is 41.0 Å². The second kappa shape index (κ2) is 10.2. The minimum absolute atomic E-state index is 0.0524. The molecule has 4 aromatic rings. The van der Waals surface area contributed by atoms with E-state index in [-0.39, 0.29) is 17.7 Å². The lowest BCUT2D eigenvalue weighted by molar-refractivity contribution is -0.384. The Hall–Kier alpha value is -5.25. The number of rotatable bonds is 7. The van der Waals surface area contributed by atoms with Gasteiger partial charge in [-0.3, -0.25) is 20.2 Å². The summed E-state index contributed by atoms with van der Waals surface area (Å²) >= 11 is 0. The number of hydrogen-bond donors (Lipinski definition) is 2. The maximum atomic E-state index is 12.6. The molecule has 0 saturated heterocycles. The van der Waals surface area contributed by atoms with Gasteiger partial charge in [0.1, 0.15) is 11.8 Å². The van der Waals surface area contributed by atoms with Crippen LogP contribution in [0.4, 0.5) is 17.6 Å². The highest BCUT2D eigenvalue weighted by Gasteiger charge is 2.25. The zero-order valence-corrected chi connectivity index (χ0v) is 19.7. The first-order valence-corrected chi connectivity index (χ1v) is 11.4. The average Bonchev–Trinajstić information content (AvgIpc) is 3.34. The number of allylic oxidation sites excluding steroid dienone is 1. The van der Waals surface area contributed by atoms with E-state index in [4.69, 9.17) is 4.74 Å². The second-order valence-electron chi connectivity index (χ2n) is 8.17. The van der Waals surface area contributed by atoms with Crippen LogP contribution in [0.25, 0.3) is 11.8 Å². The number of nitrogens with zero attached hydrogens (tertiary/aromatic N) is 4. The number of nitrogens with one attached hydrogen (secondary N) is 2. The van der Waals surface area contributed by atoms with Gasteiger partial charge in [0.05, 0.1) is 12.0 Å². The van der Waals surface area contributed by atoms with Gasteiger partial charge in [-0.25, -0.2) is 4.68 Å². The lowest BCUT2D eigenvalue weighted by atomic mass is 10.0. The summed E-state index contributed by atoms with van der Waals surface area (Å²) in [6.45, 7) is 0. The third-order valence-corrected chi connectivity index (χ3v) is 5.75. The van der Waals surface area contributed by atoms with E-state index in [2.05, 4.69) is 20.7 Å². The van der Waals surface area contributed by atoms with E-state index < -0.39 is 10.8 Å². The van der Waals surface area contributed by atoms with Gasteiger partial charge < -0.3 is 10.1 Å². The van der Waals surface area contributed by atoms with Gasteiger partial charge in [-0.2, -0.15) is 4.98 Å². The molecule has 184 valence electrons. The molecule has 0 fully saturated rings. The van der Waals surface area contributed by atoms with Crippen LogP contribution in [0.5, 0.6) is 5.75 Å². The minimum atomic E-state index is -0.485. The van der Waals surface area contributed by atoms with Crippen molar-refractivity contribution in [3.05, 3.63) is 118 Å². The number of ether oxygens (including phenoxy) is 1. The lowest BCUT2D eigenvalue weighted by Gasteiger charge is -2.24. The van der Waals surface area contributed by atoms with Crippen molar-refractivity contribution in [3.63, 3.8) is 0 Å². The van der Waals surface area contributed by atoms with Gasteiger partial charge in [0.2, 0.25) is 5.95 Å².